The highest BCUT2D eigenvalue weighted by molar-refractivity contribution is 7.55. The monoisotopic (exact) mass is 294 g/mol. The molecule has 0 spiro atoms. The van der Waals surface area contributed by atoms with Crippen molar-refractivity contribution in [1.29, 1.82) is 0 Å². The Balaban J connectivity index is 0. The average Bonchev–Trinajstić information content (AvgIpc) is 2.43. The SMILES string of the molecule is CC.CC.CCOP(C)(=O)N1CCN(C(C)C)CC1. The normalized spacial score (nSPS) is 19.8. The largest absolute Gasteiger partial charge is 0.318 e. The number of rotatable bonds is 4. The Morgan fingerprint density at radius 1 is 1.05 bits per heavy atom. The Morgan fingerprint density at radius 3 is 1.79 bits per heavy atom. The van der Waals surface area contributed by atoms with E-state index in [1.54, 1.807) is 6.66 Å². The van der Waals surface area contributed by atoms with Gasteiger partial charge in [-0.2, -0.15) is 0 Å². The zero-order chi connectivity index (χ0) is 15.5. The standard InChI is InChI=1S/C10H23N2O2P.2C2H6/c1-5-14-15(4,13)12-8-6-11(7-9-12)10(2)3;2*1-2/h10H,5-9H2,1-4H3;2*1-2H3. The van der Waals surface area contributed by atoms with E-state index in [-0.39, 0.29) is 0 Å². The maximum atomic E-state index is 12.1. The van der Waals surface area contributed by atoms with Crippen molar-refractivity contribution in [1.82, 2.24) is 9.57 Å². The highest BCUT2D eigenvalue weighted by atomic mass is 31.2. The maximum Gasteiger partial charge on any atom is 0.269 e. The minimum atomic E-state index is -2.52. The number of hydrogen-bond acceptors (Lipinski definition) is 3. The van der Waals surface area contributed by atoms with Crippen LogP contribution < -0.4 is 0 Å². The summed E-state index contributed by atoms with van der Waals surface area (Å²) < 4.78 is 19.5. The molecule has 0 bridgehead atoms. The fraction of sp³-hybridized carbons (Fsp3) is 1.00. The van der Waals surface area contributed by atoms with Crippen molar-refractivity contribution in [3.63, 3.8) is 0 Å². The third-order valence-electron chi connectivity index (χ3n) is 2.90. The Kier molecular flexibility index (Phi) is 13.4. The lowest BCUT2D eigenvalue weighted by molar-refractivity contribution is 0.141. The van der Waals surface area contributed by atoms with Gasteiger partial charge in [-0.1, -0.05) is 27.7 Å². The quantitative estimate of drug-likeness (QED) is 0.736. The Bertz CT molecular complexity index is 240. The summed E-state index contributed by atoms with van der Waals surface area (Å²) in [7, 11) is -2.52. The lowest BCUT2D eigenvalue weighted by Gasteiger charge is -2.38. The number of piperazine rings is 1. The highest BCUT2D eigenvalue weighted by Crippen LogP contribution is 2.46. The third kappa shape index (κ3) is 8.09. The molecular formula is C14H35N2O2P. The summed E-state index contributed by atoms with van der Waals surface area (Å²) in [5.41, 5.74) is 0. The van der Waals surface area contributed by atoms with Crippen molar-refractivity contribution in [2.75, 3.05) is 39.5 Å². The van der Waals surface area contributed by atoms with Gasteiger partial charge in [-0.25, -0.2) is 4.67 Å². The van der Waals surface area contributed by atoms with Crippen LogP contribution in [0.25, 0.3) is 0 Å². The summed E-state index contributed by atoms with van der Waals surface area (Å²) in [4.78, 5) is 2.41. The topological polar surface area (TPSA) is 32.8 Å². The van der Waals surface area contributed by atoms with E-state index in [0.717, 1.165) is 26.2 Å². The maximum absolute atomic E-state index is 12.1. The molecule has 0 aromatic carbocycles. The molecule has 0 amide bonds. The Morgan fingerprint density at radius 2 is 1.47 bits per heavy atom. The van der Waals surface area contributed by atoms with Crippen LogP contribution in [0.3, 0.4) is 0 Å². The molecule has 1 unspecified atom stereocenters. The molecule has 19 heavy (non-hydrogen) atoms. The first kappa shape index (κ1) is 21.4. The van der Waals surface area contributed by atoms with E-state index in [0.29, 0.717) is 12.6 Å². The molecule has 118 valence electrons. The van der Waals surface area contributed by atoms with Gasteiger partial charge in [-0.3, -0.25) is 9.46 Å². The second-order valence-corrected chi connectivity index (χ2v) is 6.73. The molecule has 0 saturated carbocycles. The number of hydrogen-bond donors (Lipinski definition) is 0. The molecule has 5 heteroatoms. The van der Waals surface area contributed by atoms with Gasteiger partial charge in [0, 0.05) is 38.9 Å². The van der Waals surface area contributed by atoms with Crippen molar-refractivity contribution in [2.24, 2.45) is 0 Å². The van der Waals surface area contributed by atoms with Crippen LogP contribution in [-0.4, -0.2) is 55.1 Å². The van der Waals surface area contributed by atoms with Gasteiger partial charge in [0.05, 0.1) is 6.61 Å². The van der Waals surface area contributed by atoms with Crippen LogP contribution >= 0.6 is 7.52 Å². The smallest absolute Gasteiger partial charge is 0.269 e. The van der Waals surface area contributed by atoms with Crippen LogP contribution in [0.4, 0.5) is 0 Å². The van der Waals surface area contributed by atoms with Crippen LogP contribution in [0, 0.1) is 0 Å². The molecule has 1 heterocycles. The van der Waals surface area contributed by atoms with Gasteiger partial charge in [0.15, 0.2) is 0 Å². The summed E-state index contributed by atoms with van der Waals surface area (Å²) in [6.45, 7) is 20.2. The van der Waals surface area contributed by atoms with Crippen LogP contribution in [0.5, 0.6) is 0 Å². The van der Waals surface area contributed by atoms with E-state index < -0.39 is 7.52 Å². The van der Waals surface area contributed by atoms with Crippen LogP contribution in [0.15, 0.2) is 0 Å². The van der Waals surface area contributed by atoms with Gasteiger partial charge in [0.1, 0.15) is 0 Å². The minimum absolute atomic E-state index is 0.526. The van der Waals surface area contributed by atoms with Crippen molar-refractivity contribution in [3.05, 3.63) is 0 Å². The van der Waals surface area contributed by atoms with E-state index in [2.05, 4.69) is 18.7 Å². The first-order valence-corrected chi connectivity index (χ1v) is 9.71. The molecular weight excluding hydrogens is 259 g/mol. The summed E-state index contributed by atoms with van der Waals surface area (Å²) in [5.74, 6) is 0. The summed E-state index contributed by atoms with van der Waals surface area (Å²) in [6, 6.07) is 0.579. The molecule has 1 atom stereocenters. The van der Waals surface area contributed by atoms with Crippen molar-refractivity contribution in [3.8, 4) is 0 Å². The van der Waals surface area contributed by atoms with E-state index in [9.17, 15) is 4.57 Å². The zero-order valence-corrected chi connectivity index (χ0v) is 15.2. The lowest BCUT2D eigenvalue weighted by Crippen LogP contribution is -2.47. The molecule has 0 aromatic heterocycles. The Hall–Kier alpha value is 0.110. The molecule has 1 rings (SSSR count). The van der Waals surface area contributed by atoms with Crippen LogP contribution in [0.1, 0.15) is 48.5 Å². The minimum Gasteiger partial charge on any atom is -0.318 e. The Labute approximate surface area is 121 Å². The fourth-order valence-electron chi connectivity index (χ4n) is 1.91. The molecule has 1 aliphatic heterocycles. The van der Waals surface area contributed by atoms with E-state index >= 15 is 0 Å². The second-order valence-electron chi connectivity index (χ2n) is 4.30. The van der Waals surface area contributed by atoms with Gasteiger partial charge in [-0.05, 0) is 20.8 Å². The fourth-order valence-corrected chi connectivity index (χ4v) is 3.46. The molecule has 1 saturated heterocycles. The first-order valence-electron chi connectivity index (χ1n) is 7.69. The molecule has 1 fully saturated rings. The predicted octanol–water partition coefficient (Wildman–Crippen LogP) is 3.92. The summed E-state index contributed by atoms with van der Waals surface area (Å²) in [5, 5.41) is 0. The zero-order valence-electron chi connectivity index (χ0n) is 14.3. The van der Waals surface area contributed by atoms with E-state index in [1.165, 1.54) is 0 Å². The average molecular weight is 294 g/mol. The molecule has 0 aliphatic carbocycles. The summed E-state index contributed by atoms with van der Waals surface area (Å²) in [6.07, 6.45) is 0. The van der Waals surface area contributed by atoms with Crippen LogP contribution in [0.2, 0.25) is 0 Å². The molecule has 1 aliphatic rings. The van der Waals surface area contributed by atoms with E-state index in [4.69, 9.17) is 4.52 Å². The summed E-state index contributed by atoms with van der Waals surface area (Å²) >= 11 is 0. The molecule has 0 radical (unpaired) electrons. The van der Waals surface area contributed by atoms with E-state index in [1.807, 2.05) is 39.3 Å². The molecule has 0 N–H and O–H groups in total. The van der Waals surface area contributed by atoms with Gasteiger partial charge >= 0.3 is 0 Å². The predicted molar refractivity (Wildman–Crippen MR) is 86.1 cm³/mol. The lowest BCUT2D eigenvalue weighted by atomic mass is 10.3. The van der Waals surface area contributed by atoms with Crippen molar-refractivity contribution >= 4 is 7.52 Å². The van der Waals surface area contributed by atoms with Gasteiger partial charge in [0.25, 0.3) is 7.52 Å². The van der Waals surface area contributed by atoms with Crippen LogP contribution in [-0.2, 0) is 9.09 Å². The first-order chi connectivity index (χ1) is 8.97. The third-order valence-corrected chi connectivity index (χ3v) is 5.07. The van der Waals surface area contributed by atoms with Gasteiger partial charge < -0.3 is 4.52 Å². The molecule has 0 aromatic rings. The number of nitrogens with zero attached hydrogens (tertiary/aromatic N) is 2. The highest BCUT2D eigenvalue weighted by Gasteiger charge is 2.29. The molecule has 4 nitrogen and oxygen atoms in total. The van der Waals surface area contributed by atoms with Gasteiger partial charge in [-0.15, -0.1) is 0 Å². The van der Waals surface area contributed by atoms with Gasteiger partial charge in [0.2, 0.25) is 0 Å². The van der Waals surface area contributed by atoms with Crippen molar-refractivity contribution in [2.45, 2.75) is 54.5 Å². The van der Waals surface area contributed by atoms with Crippen molar-refractivity contribution < 1.29 is 9.09 Å². The second kappa shape index (κ2) is 11.9.